The van der Waals surface area contributed by atoms with Crippen LogP contribution in [-0.2, 0) is 5.75 Å². The minimum atomic E-state index is 0.768. The number of aromatic nitrogens is 3. The van der Waals surface area contributed by atoms with Gasteiger partial charge in [0.15, 0.2) is 5.82 Å². The SMILES string of the molecule is Cc1ccccc1CSc1n[nH]c(-c2ccccc2Br)n1. The molecule has 3 rings (SSSR count). The molecule has 2 aromatic carbocycles. The molecule has 5 heteroatoms. The predicted molar refractivity (Wildman–Crippen MR) is 90.3 cm³/mol. The molecule has 1 heterocycles. The number of nitrogens with zero attached hydrogens (tertiary/aromatic N) is 2. The number of benzene rings is 2. The molecular weight excluding hydrogens is 346 g/mol. The highest BCUT2D eigenvalue weighted by Gasteiger charge is 2.09. The summed E-state index contributed by atoms with van der Waals surface area (Å²) in [6, 6.07) is 16.4. The highest BCUT2D eigenvalue weighted by atomic mass is 79.9. The summed E-state index contributed by atoms with van der Waals surface area (Å²) >= 11 is 5.17. The second-order valence-corrected chi connectivity index (χ2v) is 6.46. The van der Waals surface area contributed by atoms with Crippen LogP contribution in [0.25, 0.3) is 11.4 Å². The normalized spacial score (nSPS) is 10.8. The lowest BCUT2D eigenvalue weighted by Gasteiger charge is -2.02. The Balaban J connectivity index is 1.74. The van der Waals surface area contributed by atoms with Crippen molar-refractivity contribution >= 4 is 27.7 Å². The van der Waals surface area contributed by atoms with Crippen LogP contribution < -0.4 is 0 Å². The Hall–Kier alpha value is -1.59. The number of aromatic amines is 1. The number of hydrogen-bond acceptors (Lipinski definition) is 3. The van der Waals surface area contributed by atoms with Gasteiger partial charge in [-0.2, -0.15) is 0 Å². The fraction of sp³-hybridized carbons (Fsp3) is 0.125. The number of H-pyrrole nitrogens is 1. The molecule has 21 heavy (non-hydrogen) atoms. The van der Waals surface area contributed by atoms with E-state index < -0.39 is 0 Å². The Kier molecular flexibility index (Phi) is 4.41. The molecule has 3 nitrogen and oxygen atoms in total. The van der Waals surface area contributed by atoms with Crippen molar-refractivity contribution < 1.29 is 0 Å². The molecule has 106 valence electrons. The molecule has 0 unspecified atom stereocenters. The second kappa shape index (κ2) is 6.45. The molecule has 0 spiro atoms. The smallest absolute Gasteiger partial charge is 0.209 e. The third-order valence-electron chi connectivity index (χ3n) is 3.21. The van der Waals surface area contributed by atoms with Gasteiger partial charge in [-0.3, -0.25) is 5.10 Å². The molecular formula is C16H14BrN3S. The van der Waals surface area contributed by atoms with Crippen LogP contribution >= 0.6 is 27.7 Å². The van der Waals surface area contributed by atoms with Crippen LogP contribution in [-0.4, -0.2) is 15.2 Å². The van der Waals surface area contributed by atoms with Gasteiger partial charge in [0.25, 0.3) is 0 Å². The molecule has 0 aliphatic carbocycles. The zero-order chi connectivity index (χ0) is 14.7. The number of thioether (sulfide) groups is 1. The number of aryl methyl sites for hydroxylation is 1. The summed E-state index contributed by atoms with van der Waals surface area (Å²) in [5.74, 6) is 1.66. The highest BCUT2D eigenvalue weighted by Crippen LogP contribution is 2.27. The monoisotopic (exact) mass is 359 g/mol. The summed E-state index contributed by atoms with van der Waals surface area (Å²) in [4.78, 5) is 4.55. The van der Waals surface area contributed by atoms with Crippen molar-refractivity contribution in [2.75, 3.05) is 0 Å². The predicted octanol–water partition coefficient (Wildman–Crippen LogP) is 4.83. The molecule has 0 bridgehead atoms. The van der Waals surface area contributed by atoms with Crippen LogP contribution in [0.2, 0.25) is 0 Å². The lowest BCUT2D eigenvalue weighted by atomic mass is 10.1. The Labute approximate surface area is 136 Å². The molecule has 0 aliphatic heterocycles. The molecule has 0 saturated heterocycles. The molecule has 0 radical (unpaired) electrons. The third kappa shape index (κ3) is 3.36. The van der Waals surface area contributed by atoms with Crippen LogP contribution in [0.4, 0.5) is 0 Å². The van der Waals surface area contributed by atoms with Crippen molar-refractivity contribution in [2.24, 2.45) is 0 Å². The van der Waals surface area contributed by atoms with E-state index in [1.807, 2.05) is 24.3 Å². The standard InChI is InChI=1S/C16H14BrN3S/c1-11-6-2-3-7-12(11)10-21-16-18-15(19-20-16)13-8-4-5-9-14(13)17/h2-9H,10H2,1H3,(H,18,19,20). The molecule has 0 aliphatic rings. The van der Waals surface area contributed by atoms with Gasteiger partial charge >= 0.3 is 0 Å². The first kappa shape index (κ1) is 14.4. The summed E-state index contributed by atoms with van der Waals surface area (Å²) in [6.07, 6.45) is 0. The van der Waals surface area contributed by atoms with E-state index >= 15 is 0 Å². The summed E-state index contributed by atoms with van der Waals surface area (Å²) in [6.45, 7) is 2.13. The third-order valence-corrected chi connectivity index (χ3v) is 4.80. The minimum Gasteiger partial charge on any atom is -0.258 e. The van der Waals surface area contributed by atoms with Gasteiger partial charge in [-0.15, -0.1) is 5.10 Å². The van der Waals surface area contributed by atoms with Crippen LogP contribution in [0.15, 0.2) is 58.2 Å². The van der Waals surface area contributed by atoms with E-state index in [1.54, 1.807) is 11.8 Å². The first-order valence-electron chi connectivity index (χ1n) is 6.58. The maximum absolute atomic E-state index is 4.55. The zero-order valence-electron chi connectivity index (χ0n) is 11.5. The van der Waals surface area contributed by atoms with Gasteiger partial charge in [-0.25, -0.2) is 4.98 Å². The number of nitrogens with one attached hydrogen (secondary N) is 1. The largest absolute Gasteiger partial charge is 0.258 e. The first-order chi connectivity index (χ1) is 10.2. The summed E-state index contributed by atoms with van der Waals surface area (Å²) in [5.41, 5.74) is 3.63. The van der Waals surface area contributed by atoms with Gasteiger partial charge in [-0.05, 0) is 24.1 Å². The summed E-state index contributed by atoms with van der Waals surface area (Å²) < 4.78 is 1.01. The molecule has 1 aromatic heterocycles. The van der Waals surface area contributed by atoms with E-state index in [4.69, 9.17) is 0 Å². The number of rotatable bonds is 4. The summed E-state index contributed by atoms with van der Waals surface area (Å²) in [7, 11) is 0. The maximum atomic E-state index is 4.55. The van der Waals surface area contributed by atoms with Crippen LogP contribution in [0.1, 0.15) is 11.1 Å². The van der Waals surface area contributed by atoms with Crippen molar-refractivity contribution in [1.82, 2.24) is 15.2 Å². The fourth-order valence-electron chi connectivity index (χ4n) is 2.00. The van der Waals surface area contributed by atoms with Gasteiger partial charge < -0.3 is 0 Å². The average Bonchev–Trinajstić information content (AvgIpc) is 2.96. The van der Waals surface area contributed by atoms with E-state index in [1.165, 1.54) is 11.1 Å². The van der Waals surface area contributed by atoms with E-state index in [0.29, 0.717) is 0 Å². The number of halogens is 1. The Morgan fingerprint density at radius 1 is 1.10 bits per heavy atom. The van der Waals surface area contributed by atoms with E-state index in [0.717, 1.165) is 26.8 Å². The van der Waals surface area contributed by atoms with Crippen molar-refractivity contribution in [3.8, 4) is 11.4 Å². The van der Waals surface area contributed by atoms with Crippen molar-refractivity contribution in [1.29, 1.82) is 0 Å². The zero-order valence-corrected chi connectivity index (χ0v) is 13.9. The van der Waals surface area contributed by atoms with Gasteiger partial charge in [0.2, 0.25) is 5.16 Å². The van der Waals surface area contributed by atoms with E-state index in [9.17, 15) is 0 Å². The summed E-state index contributed by atoms with van der Waals surface area (Å²) in [5, 5.41) is 8.05. The first-order valence-corrected chi connectivity index (χ1v) is 8.36. The molecule has 0 saturated carbocycles. The minimum absolute atomic E-state index is 0.768. The van der Waals surface area contributed by atoms with E-state index in [2.05, 4.69) is 62.3 Å². The van der Waals surface area contributed by atoms with Gasteiger partial charge in [0.05, 0.1) is 0 Å². The molecule has 3 aromatic rings. The number of hydrogen-bond donors (Lipinski definition) is 1. The molecule has 0 atom stereocenters. The van der Waals surface area contributed by atoms with Gasteiger partial charge in [0, 0.05) is 15.8 Å². The molecule has 0 amide bonds. The average molecular weight is 360 g/mol. The van der Waals surface area contributed by atoms with Crippen molar-refractivity contribution in [2.45, 2.75) is 17.8 Å². The van der Waals surface area contributed by atoms with E-state index in [-0.39, 0.29) is 0 Å². The topological polar surface area (TPSA) is 41.6 Å². The Morgan fingerprint density at radius 3 is 2.67 bits per heavy atom. The van der Waals surface area contributed by atoms with Crippen molar-refractivity contribution in [3.05, 3.63) is 64.1 Å². The fourth-order valence-corrected chi connectivity index (χ4v) is 3.35. The van der Waals surface area contributed by atoms with Gasteiger partial charge in [-0.1, -0.05) is 70.2 Å². The van der Waals surface area contributed by atoms with Crippen LogP contribution in [0.3, 0.4) is 0 Å². The second-order valence-electron chi connectivity index (χ2n) is 4.66. The Bertz CT molecular complexity index is 755. The molecule has 1 N–H and O–H groups in total. The molecule has 0 fully saturated rings. The maximum Gasteiger partial charge on any atom is 0.209 e. The van der Waals surface area contributed by atoms with Crippen LogP contribution in [0, 0.1) is 6.92 Å². The highest BCUT2D eigenvalue weighted by molar-refractivity contribution is 9.10. The Morgan fingerprint density at radius 2 is 1.86 bits per heavy atom. The van der Waals surface area contributed by atoms with Gasteiger partial charge in [0.1, 0.15) is 0 Å². The lowest BCUT2D eigenvalue weighted by Crippen LogP contribution is -1.86. The lowest BCUT2D eigenvalue weighted by molar-refractivity contribution is 0.973. The van der Waals surface area contributed by atoms with Crippen LogP contribution in [0.5, 0.6) is 0 Å². The van der Waals surface area contributed by atoms with Crippen molar-refractivity contribution in [3.63, 3.8) is 0 Å². The quantitative estimate of drug-likeness (QED) is 0.678.